The number of aryl methyl sites for hydroxylation is 1. The van der Waals surface area contributed by atoms with Gasteiger partial charge in [0, 0.05) is 18.7 Å². The number of amides is 2. The Balaban J connectivity index is 2.05. The highest BCUT2D eigenvalue weighted by Gasteiger charge is 2.37. The second-order valence-electron chi connectivity index (χ2n) is 7.12. The SMILES string of the molecule is CCC(C)(NC(=O)C1CCCN(C(=O)c2ccc(C)cc2)C1)C(=O)OC. The van der Waals surface area contributed by atoms with Crippen molar-refractivity contribution in [3.8, 4) is 0 Å². The number of carbonyl (C=O) groups is 3. The molecule has 1 saturated heterocycles. The molecule has 1 aliphatic heterocycles. The van der Waals surface area contributed by atoms with E-state index in [4.69, 9.17) is 4.74 Å². The number of nitrogens with zero attached hydrogens (tertiary/aromatic N) is 1. The van der Waals surface area contributed by atoms with Gasteiger partial charge in [-0.1, -0.05) is 24.6 Å². The highest BCUT2D eigenvalue weighted by molar-refractivity contribution is 5.95. The first kappa shape index (κ1) is 19.9. The van der Waals surface area contributed by atoms with Crippen LogP contribution in [0.25, 0.3) is 0 Å². The molecule has 1 aliphatic rings. The Kier molecular flexibility index (Phi) is 6.40. The summed E-state index contributed by atoms with van der Waals surface area (Å²) in [7, 11) is 1.31. The van der Waals surface area contributed by atoms with Crippen molar-refractivity contribution in [2.45, 2.75) is 45.6 Å². The third-order valence-electron chi connectivity index (χ3n) is 5.12. The maximum Gasteiger partial charge on any atom is 0.331 e. The number of likely N-dealkylation sites (tertiary alicyclic amines) is 1. The van der Waals surface area contributed by atoms with Gasteiger partial charge in [0.2, 0.25) is 5.91 Å². The van der Waals surface area contributed by atoms with Crippen molar-refractivity contribution < 1.29 is 19.1 Å². The predicted molar refractivity (Wildman–Crippen MR) is 98.7 cm³/mol. The lowest BCUT2D eigenvalue weighted by Gasteiger charge is -2.34. The molecule has 1 fully saturated rings. The van der Waals surface area contributed by atoms with E-state index in [0.717, 1.165) is 12.0 Å². The molecule has 26 heavy (non-hydrogen) atoms. The number of ether oxygens (including phenoxy) is 1. The van der Waals surface area contributed by atoms with Crippen molar-refractivity contribution in [2.24, 2.45) is 5.92 Å². The van der Waals surface area contributed by atoms with Gasteiger partial charge < -0.3 is 15.0 Å². The molecular weight excluding hydrogens is 332 g/mol. The third kappa shape index (κ3) is 4.42. The number of nitrogens with one attached hydrogen (secondary N) is 1. The zero-order valence-corrected chi connectivity index (χ0v) is 16.0. The first-order valence-corrected chi connectivity index (χ1v) is 9.07. The van der Waals surface area contributed by atoms with Crippen LogP contribution in [0.2, 0.25) is 0 Å². The van der Waals surface area contributed by atoms with E-state index in [2.05, 4.69) is 5.32 Å². The van der Waals surface area contributed by atoms with Crippen LogP contribution >= 0.6 is 0 Å². The lowest BCUT2D eigenvalue weighted by Crippen LogP contribution is -2.56. The molecule has 6 nitrogen and oxygen atoms in total. The Labute approximate surface area is 154 Å². The summed E-state index contributed by atoms with van der Waals surface area (Å²) in [6.45, 7) is 6.46. The summed E-state index contributed by atoms with van der Waals surface area (Å²) in [5.74, 6) is -1.06. The van der Waals surface area contributed by atoms with Gasteiger partial charge in [-0.05, 0) is 45.2 Å². The Morgan fingerprint density at radius 3 is 2.50 bits per heavy atom. The van der Waals surface area contributed by atoms with Crippen molar-refractivity contribution >= 4 is 17.8 Å². The molecule has 2 rings (SSSR count). The van der Waals surface area contributed by atoms with Gasteiger partial charge in [-0.3, -0.25) is 9.59 Å². The maximum absolute atomic E-state index is 12.7. The van der Waals surface area contributed by atoms with Crippen LogP contribution in [-0.2, 0) is 14.3 Å². The predicted octanol–water partition coefficient (Wildman–Crippen LogP) is 2.31. The summed E-state index contributed by atoms with van der Waals surface area (Å²) in [5.41, 5.74) is 0.679. The molecule has 1 aromatic rings. The van der Waals surface area contributed by atoms with Crippen molar-refractivity contribution in [3.63, 3.8) is 0 Å². The summed E-state index contributed by atoms with van der Waals surface area (Å²) in [5, 5.41) is 2.82. The average molecular weight is 360 g/mol. The van der Waals surface area contributed by atoms with Crippen molar-refractivity contribution in [2.75, 3.05) is 20.2 Å². The van der Waals surface area contributed by atoms with Crippen LogP contribution in [0.4, 0.5) is 0 Å². The molecule has 0 saturated carbocycles. The molecule has 0 radical (unpaired) electrons. The number of rotatable bonds is 5. The average Bonchev–Trinajstić information content (AvgIpc) is 2.67. The standard InChI is InChI=1S/C20H28N2O4/c1-5-20(3,19(25)26-4)21-17(23)16-7-6-12-22(13-16)18(24)15-10-8-14(2)9-11-15/h8-11,16H,5-7,12-13H2,1-4H3,(H,21,23). The number of piperidine rings is 1. The van der Waals surface area contributed by atoms with Gasteiger partial charge in [-0.2, -0.15) is 0 Å². The van der Waals surface area contributed by atoms with Crippen LogP contribution in [0.1, 0.15) is 49.0 Å². The minimum atomic E-state index is -1.05. The number of methoxy groups -OCH3 is 1. The number of hydrogen-bond donors (Lipinski definition) is 1. The van der Waals surface area contributed by atoms with E-state index in [1.807, 2.05) is 38.1 Å². The lowest BCUT2D eigenvalue weighted by atomic mass is 9.93. The molecule has 2 atom stereocenters. The topological polar surface area (TPSA) is 75.7 Å². The molecule has 142 valence electrons. The van der Waals surface area contributed by atoms with Crippen LogP contribution in [0.5, 0.6) is 0 Å². The minimum absolute atomic E-state index is 0.0614. The number of carbonyl (C=O) groups excluding carboxylic acids is 3. The molecular formula is C20H28N2O4. The first-order valence-electron chi connectivity index (χ1n) is 9.07. The van der Waals surface area contributed by atoms with Crippen LogP contribution in [0.3, 0.4) is 0 Å². The second-order valence-corrected chi connectivity index (χ2v) is 7.12. The fourth-order valence-corrected chi connectivity index (χ4v) is 3.14. The second kappa shape index (κ2) is 8.34. The third-order valence-corrected chi connectivity index (χ3v) is 5.12. The fraction of sp³-hybridized carbons (Fsp3) is 0.550. The van der Waals surface area contributed by atoms with Gasteiger partial charge in [-0.15, -0.1) is 0 Å². The normalized spacial score (nSPS) is 19.4. The van der Waals surface area contributed by atoms with E-state index < -0.39 is 11.5 Å². The summed E-state index contributed by atoms with van der Waals surface area (Å²) < 4.78 is 4.80. The summed E-state index contributed by atoms with van der Waals surface area (Å²) in [6.07, 6.45) is 1.89. The van der Waals surface area contributed by atoms with E-state index in [-0.39, 0.29) is 17.7 Å². The monoisotopic (exact) mass is 360 g/mol. The number of benzene rings is 1. The lowest BCUT2D eigenvalue weighted by molar-refractivity contribution is -0.151. The smallest absolute Gasteiger partial charge is 0.331 e. The van der Waals surface area contributed by atoms with E-state index in [1.165, 1.54) is 7.11 Å². The van der Waals surface area contributed by atoms with Gasteiger partial charge in [0.25, 0.3) is 5.91 Å². The molecule has 2 amide bonds. The van der Waals surface area contributed by atoms with Crippen molar-refractivity contribution in [1.82, 2.24) is 10.2 Å². The highest BCUT2D eigenvalue weighted by Crippen LogP contribution is 2.21. The van der Waals surface area contributed by atoms with E-state index in [9.17, 15) is 14.4 Å². The van der Waals surface area contributed by atoms with E-state index >= 15 is 0 Å². The van der Waals surface area contributed by atoms with Crippen LogP contribution in [-0.4, -0.2) is 48.4 Å². The quantitative estimate of drug-likeness (QED) is 0.818. The molecule has 0 aliphatic carbocycles. The van der Waals surface area contributed by atoms with Gasteiger partial charge in [0.1, 0.15) is 5.54 Å². The van der Waals surface area contributed by atoms with Crippen molar-refractivity contribution in [3.05, 3.63) is 35.4 Å². The summed E-state index contributed by atoms with van der Waals surface area (Å²) in [6, 6.07) is 7.44. The zero-order valence-electron chi connectivity index (χ0n) is 16.0. The summed E-state index contributed by atoms with van der Waals surface area (Å²) >= 11 is 0. The van der Waals surface area contributed by atoms with Gasteiger partial charge in [0.15, 0.2) is 0 Å². The molecule has 1 N–H and O–H groups in total. The van der Waals surface area contributed by atoms with Gasteiger partial charge in [-0.25, -0.2) is 4.79 Å². The molecule has 0 bridgehead atoms. The Morgan fingerprint density at radius 1 is 1.27 bits per heavy atom. The Bertz CT molecular complexity index is 671. The number of esters is 1. The zero-order chi connectivity index (χ0) is 19.3. The van der Waals surface area contributed by atoms with Gasteiger partial charge >= 0.3 is 5.97 Å². The van der Waals surface area contributed by atoms with E-state index in [1.54, 1.807) is 11.8 Å². The molecule has 1 heterocycles. The first-order chi connectivity index (χ1) is 12.3. The Hall–Kier alpha value is -2.37. The molecule has 0 spiro atoms. The summed E-state index contributed by atoms with van der Waals surface area (Å²) in [4.78, 5) is 39.1. The van der Waals surface area contributed by atoms with Crippen molar-refractivity contribution in [1.29, 1.82) is 0 Å². The van der Waals surface area contributed by atoms with E-state index in [0.29, 0.717) is 31.5 Å². The van der Waals surface area contributed by atoms with Crippen LogP contribution in [0, 0.1) is 12.8 Å². The van der Waals surface area contributed by atoms with Crippen LogP contribution in [0.15, 0.2) is 24.3 Å². The molecule has 1 aromatic carbocycles. The van der Waals surface area contributed by atoms with Crippen LogP contribution < -0.4 is 5.32 Å². The minimum Gasteiger partial charge on any atom is -0.467 e. The highest BCUT2D eigenvalue weighted by atomic mass is 16.5. The molecule has 6 heteroatoms. The largest absolute Gasteiger partial charge is 0.467 e. The fourth-order valence-electron chi connectivity index (χ4n) is 3.14. The number of hydrogen-bond acceptors (Lipinski definition) is 4. The molecule has 0 aromatic heterocycles. The maximum atomic E-state index is 12.7. The Morgan fingerprint density at radius 2 is 1.92 bits per heavy atom. The molecule has 2 unspecified atom stereocenters. The van der Waals surface area contributed by atoms with Gasteiger partial charge in [0.05, 0.1) is 13.0 Å².